The number of carbonyl (C=O) groups is 1. The van der Waals surface area contributed by atoms with Gasteiger partial charge in [-0.15, -0.1) is 0 Å². The topological polar surface area (TPSA) is 90.4 Å². The van der Waals surface area contributed by atoms with Crippen LogP contribution in [0.4, 0.5) is 17.6 Å². The van der Waals surface area contributed by atoms with Crippen molar-refractivity contribution in [2.75, 3.05) is 0 Å². The van der Waals surface area contributed by atoms with Crippen LogP contribution in [0.5, 0.6) is 5.75 Å². The number of halogens is 4. The molecule has 1 amide bonds. The lowest BCUT2D eigenvalue weighted by atomic mass is 10.0. The Bertz CT molecular complexity index is 906. The molecular weight excluding hydrogens is 370 g/mol. The number of hydrogen-bond donors (Lipinski definition) is 2. The summed E-state index contributed by atoms with van der Waals surface area (Å²) in [4.78, 5) is 15.7. The van der Waals surface area contributed by atoms with E-state index in [4.69, 9.17) is 10.5 Å². The molecule has 0 aliphatic carbocycles. The highest BCUT2D eigenvalue weighted by molar-refractivity contribution is 5.96. The molecular formula is C17H17F4N3O3. The molecule has 1 aromatic heterocycles. The summed E-state index contributed by atoms with van der Waals surface area (Å²) in [6.45, 7) is 2.79. The van der Waals surface area contributed by atoms with Crippen molar-refractivity contribution in [1.82, 2.24) is 9.55 Å². The predicted octanol–water partition coefficient (Wildman–Crippen LogP) is 2.73. The molecule has 0 saturated carbocycles. The molecule has 2 heterocycles. The highest BCUT2D eigenvalue weighted by Crippen LogP contribution is 2.37. The minimum Gasteiger partial charge on any atom is -0.480 e. The Hall–Kier alpha value is -2.62. The average Bonchev–Trinajstić information content (AvgIpc) is 3.08. The number of rotatable bonds is 4. The maximum absolute atomic E-state index is 14.5. The van der Waals surface area contributed by atoms with Gasteiger partial charge in [-0.3, -0.25) is 4.79 Å². The number of alkyl halides is 3. The lowest BCUT2D eigenvalue weighted by molar-refractivity contribution is -0.189. The molecule has 1 aliphatic heterocycles. The van der Waals surface area contributed by atoms with E-state index in [1.165, 1.54) is 6.20 Å². The van der Waals surface area contributed by atoms with Crippen molar-refractivity contribution in [2.24, 2.45) is 5.73 Å². The number of amides is 1. The van der Waals surface area contributed by atoms with Gasteiger partial charge in [-0.2, -0.15) is 13.2 Å². The van der Waals surface area contributed by atoms with Gasteiger partial charge in [0.05, 0.1) is 11.3 Å². The van der Waals surface area contributed by atoms with Crippen molar-refractivity contribution < 1.29 is 32.2 Å². The quantitative estimate of drug-likeness (QED) is 0.790. The van der Waals surface area contributed by atoms with Crippen LogP contribution in [0.2, 0.25) is 0 Å². The van der Waals surface area contributed by atoms with Crippen LogP contribution in [0, 0.1) is 5.82 Å². The fourth-order valence-electron chi connectivity index (χ4n) is 2.89. The summed E-state index contributed by atoms with van der Waals surface area (Å²) in [6, 6.07) is 1.68. The minimum atomic E-state index is -4.68. The molecule has 2 atom stereocenters. The number of nitrogens with zero attached hydrogens (tertiary/aromatic N) is 2. The molecule has 146 valence electrons. The zero-order valence-corrected chi connectivity index (χ0v) is 14.5. The van der Waals surface area contributed by atoms with Gasteiger partial charge in [0.2, 0.25) is 0 Å². The third-order valence-corrected chi connectivity index (χ3v) is 4.47. The molecule has 0 saturated heterocycles. The fraction of sp³-hybridized carbons (Fsp3) is 0.412. The van der Waals surface area contributed by atoms with E-state index in [9.17, 15) is 27.5 Å². The smallest absolute Gasteiger partial charge is 0.425 e. The molecule has 0 unspecified atom stereocenters. The van der Waals surface area contributed by atoms with Crippen LogP contribution in [0.1, 0.15) is 36.5 Å². The zero-order valence-electron chi connectivity index (χ0n) is 14.5. The SMILES string of the molecule is C[C@H](Oc1cc(-c2cn3c(n2)[C@@](C)(O)CC3)c(F)cc1C(N)=O)C(F)(F)F. The van der Waals surface area contributed by atoms with Crippen molar-refractivity contribution >= 4 is 5.91 Å². The normalized spacial score (nSPS) is 20.4. The van der Waals surface area contributed by atoms with E-state index >= 15 is 0 Å². The van der Waals surface area contributed by atoms with E-state index in [0.717, 1.165) is 19.1 Å². The number of aromatic nitrogens is 2. The van der Waals surface area contributed by atoms with E-state index in [0.29, 0.717) is 18.8 Å². The standard InChI is InChI=1S/C17H17F4N3O3/c1-8(17(19,20)21)27-13-6-9(11(18)5-10(13)14(22)25)12-7-24-4-3-16(2,26)15(24)23-12/h5-8,26H,3-4H2,1-2H3,(H2,22,25)/t8-,16-/m0/s1. The molecule has 3 rings (SSSR count). The van der Waals surface area contributed by atoms with Crippen molar-refractivity contribution in [2.45, 2.75) is 44.7 Å². The molecule has 0 spiro atoms. The predicted molar refractivity (Wildman–Crippen MR) is 86.5 cm³/mol. The molecule has 0 bridgehead atoms. The van der Waals surface area contributed by atoms with Gasteiger partial charge in [0, 0.05) is 24.7 Å². The molecule has 1 aromatic carbocycles. The number of aliphatic hydroxyl groups is 1. The second-order valence-electron chi connectivity index (χ2n) is 6.66. The molecule has 10 heteroatoms. The fourth-order valence-corrected chi connectivity index (χ4v) is 2.89. The van der Waals surface area contributed by atoms with Crippen LogP contribution in [-0.2, 0) is 12.1 Å². The van der Waals surface area contributed by atoms with Crippen LogP contribution in [-0.4, -0.2) is 32.8 Å². The number of hydrogen-bond acceptors (Lipinski definition) is 4. The first-order valence-corrected chi connectivity index (χ1v) is 8.07. The lowest BCUT2D eigenvalue weighted by Gasteiger charge is -2.19. The Morgan fingerprint density at radius 3 is 2.67 bits per heavy atom. The highest BCUT2D eigenvalue weighted by Gasteiger charge is 2.39. The van der Waals surface area contributed by atoms with Gasteiger partial charge < -0.3 is 20.1 Å². The maximum atomic E-state index is 14.5. The second kappa shape index (κ2) is 6.22. The largest absolute Gasteiger partial charge is 0.480 e. The van der Waals surface area contributed by atoms with Crippen molar-refractivity contribution in [3.63, 3.8) is 0 Å². The number of ether oxygens (including phenoxy) is 1. The average molecular weight is 387 g/mol. The van der Waals surface area contributed by atoms with Crippen LogP contribution in [0.15, 0.2) is 18.3 Å². The summed E-state index contributed by atoms with van der Waals surface area (Å²) in [5.74, 6) is -2.20. The first-order valence-electron chi connectivity index (χ1n) is 8.07. The highest BCUT2D eigenvalue weighted by atomic mass is 19.4. The molecule has 0 fully saturated rings. The molecule has 1 aliphatic rings. The third kappa shape index (κ3) is 3.48. The van der Waals surface area contributed by atoms with Crippen molar-refractivity contribution in [3.05, 3.63) is 35.5 Å². The molecule has 0 radical (unpaired) electrons. The van der Waals surface area contributed by atoms with E-state index in [2.05, 4.69) is 4.98 Å². The number of fused-ring (bicyclic) bond motifs is 1. The van der Waals surface area contributed by atoms with Gasteiger partial charge in [0.15, 0.2) is 6.10 Å². The summed E-state index contributed by atoms with van der Waals surface area (Å²) < 4.78 is 59.4. The number of benzene rings is 1. The van der Waals surface area contributed by atoms with Gasteiger partial charge in [-0.05, 0) is 26.0 Å². The van der Waals surface area contributed by atoms with Gasteiger partial charge in [-0.25, -0.2) is 9.37 Å². The van der Waals surface area contributed by atoms with E-state index in [1.54, 1.807) is 11.5 Å². The van der Waals surface area contributed by atoms with Gasteiger partial charge >= 0.3 is 6.18 Å². The monoisotopic (exact) mass is 387 g/mol. The second-order valence-corrected chi connectivity index (χ2v) is 6.66. The zero-order chi connectivity index (χ0) is 20.1. The molecule has 27 heavy (non-hydrogen) atoms. The van der Waals surface area contributed by atoms with Crippen LogP contribution in [0.25, 0.3) is 11.3 Å². The van der Waals surface area contributed by atoms with E-state index in [1.807, 2.05) is 0 Å². The maximum Gasteiger partial charge on any atom is 0.425 e. The van der Waals surface area contributed by atoms with E-state index in [-0.39, 0.29) is 11.3 Å². The van der Waals surface area contributed by atoms with Crippen molar-refractivity contribution in [1.29, 1.82) is 0 Å². The third-order valence-electron chi connectivity index (χ3n) is 4.47. The van der Waals surface area contributed by atoms with E-state index < -0.39 is 40.9 Å². The minimum absolute atomic E-state index is 0.100. The van der Waals surface area contributed by atoms with Gasteiger partial charge in [-0.1, -0.05) is 0 Å². The number of nitrogens with two attached hydrogens (primary N) is 1. The van der Waals surface area contributed by atoms with Crippen LogP contribution < -0.4 is 10.5 Å². The van der Waals surface area contributed by atoms with Crippen molar-refractivity contribution in [3.8, 4) is 17.0 Å². The van der Waals surface area contributed by atoms with Gasteiger partial charge in [0.1, 0.15) is 23.0 Å². The summed E-state index contributed by atoms with van der Waals surface area (Å²) in [5, 5.41) is 10.3. The lowest BCUT2D eigenvalue weighted by Crippen LogP contribution is -2.32. The Morgan fingerprint density at radius 1 is 1.44 bits per heavy atom. The molecule has 3 N–H and O–H groups in total. The number of primary amides is 1. The Balaban J connectivity index is 2.07. The molecule has 6 nitrogen and oxygen atoms in total. The summed E-state index contributed by atoms with van der Waals surface area (Å²) >= 11 is 0. The summed E-state index contributed by atoms with van der Waals surface area (Å²) in [6.07, 6.45) is -4.99. The number of imidazole rings is 1. The Morgan fingerprint density at radius 2 is 2.11 bits per heavy atom. The number of aryl methyl sites for hydroxylation is 1. The van der Waals surface area contributed by atoms with Crippen LogP contribution in [0.3, 0.4) is 0 Å². The van der Waals surface area contributed by atoms with Gasteiger partial charge in [0.25, 0.3) is 5.91 Å². The Kier molecular flexibility index (Phi) is 4.41. The Labute approximate surface area is 151 Å². The number of carbonyl (C=O) groups excluding carboxylic acids is 1. The first-order chi connectivity index (χ1) is 12.4. The first kappa shape index (κ1) is 19.2. The molecule has 2 aromatic rings. The van der Waals surface area contributed by atoms with Crippen LogP contribution >= 0.6 is 0 Å². The summed E-state index contributed by atoms with van der Waals surface area (Å²) in [5.41, 5.74) is 3.37. The summed E-state index contributed by atoms with van der Waals surface area (Å²) in [7, 11) is 0.